The fraction of sp³-hybridized carbons (Fsp3) is 0.333. The normalized spacial score (nSPS) is 10.6. The molecular weight excluding hydrogens is 240 g/mol. The molecule has 0 bridgehead atoms. The Hall–Kier alpha value is -1.94. The minimum Gasteiger partial charge on any atom is -0.383 e. The second-order valence-corrected chi connectivity index (χ2v) is 4.51. The van der Waals surface area contributed by atoms with Crippen LogP contribution in [0.5, 0.6) is 0 Å². The van der Waals surface area contributed by atoms with Gasteiger partial charge in [0.2, 0.25) is 0 Å². The van der Waals surface area contributed by atoms with Gasteiger partial charge in [0.15, 0.2) is 0 Å². The summed E-state index contributed by atoms with van der Waals surface area (Å²) >= 11 is 0. The van der Waals surface area contributed by atoms with Gasteiger partial charge in [-0.05, 0) is 24.1 Å². The number of carbonyl (C=O) groups excluding carboxylic acids is 1. The number of hydrogen-bond donors (Lipinski definition) is 0. The van der Waals surface area contributed by atoms with E-state index in [-0.39, 0.29) is 5.78 Å². The molecule has 0 saturated carbocycles. The van der Waals surface area contributed by atoms with Crippen LogP contribution < -0.4 is 0 Å². The van der Waals surface area contributed by atoms with Gasteiger partial charge in [0.25, 0.3) is 0 Å². The minimum absolute atomic E-state index is 0.179. The molecule has 1 aromatic heterocycles. The van der Waals surface area contributed by atoms with Gasteiger partial charge in [0, 0.05) is 19.7 Å². The van der Waals surface area contributed by atoms with Gasteiger partial charge in [-0.1, -0.05) is 24.3 Å². The molecule has 19 heavy (non-hydrogen) atoms. The van der Waals surface area contributed by atoms with Crippen LogP contribution in [0.2, 0.25) is 0 Å². The van der Waals surface area contributed by atoms with Crippen LogP contribution in [0.4, 0.5) is 0 Å². The Kier molecular flexibility index (Phi) is 4.47. The van der Waals surface area contributed by atoms with Gasteiger partial charge in [0.1, 0.15) is 5.78 Å². The summed E-state index contributed by atoms with van der Waals surface area (Å²) in [5.74, 6) is 0.179. The van der Waals surface area contributed by atoms with Crippen molar-refractivity contribution in [3.05, 3.63) is 42.1 Å². The van der Waals surface area contributed by atoms with Crippen LogP contribution >= 0.6 is 0 Å². The van der Waals surface area contributed by atoms with E-state index < -0.39 is 0 Å². The van der Waals surface area contributed by atoms with Crippen molar-refractivity contribution in [2.45, 2.75) is 19.9 Å². The molecule has 0 N–H and O–H groups in total. The molecule has 0 unspecified atom stereocenters. The largest absolute Gasteiger partial charge is 0.383 e. The molecule has 2 rings (SSSR count). The van der Waals surface area contributed by atoms with E-state index in [1.54, 1.807) is 20.2 Å². The van der Waals surface area contributed by atoms with Crippen LogP contribution in [0.3, 0.4) is 0 Å². The summed E-state index contributed by atoms with van der Waals surface area (Å²) in [7, 11) is 1.68. The van der Waals surface area contributed by atoms with Gasteiger partial charge in [-0.2, -0.15) is 5.10 Å². The number of ether oxygens (including phenoxy) is 1. The summed E-state index contributed by atoms with van der Waals surface area (Å²) < 4.78 is 6.99. The molecule has 1 aromatic carbocycles. The van der Waals surface area contributed by atoms with Gasteiger partial charge in [-0.25, -0.2) is 0 Å². The van der Waals surface area contributed by atoms with Crippen LogP contribution in [0, 0.1) is 0 Å². The lowest BCUT2D eigenvalue weighted by atomic mass is 10.1. The highest BCUT2D eigenvalue weighted by atomic mass is 16.5. The van der Waals surface area contributed by atoms with Crippen molar-refractivity contribution in [3.8, 4) is 11.3 Å². The molecule has 0 amide bonds. The maximum atomic E-state index is 11.1. The molecule has 0 radical (unpaired) electrons. The predicted octanol–water partition coefficient (Wildman–Crippen LogP) is 2.33. The lowest BCUT2D eigenvalue weighted by molar-refractivity contribution is -0.116. The Morgan fingerprint density at radius 3 is 2.63 bits per heavy atom. The molecule has 0 saturated heterocycles. The number of Topliss-reactive ketones (excluding diaryl/α,β-unsaturated/α-hetero) is 1. The van der Waals surface area contributed by atoms with E-state index in [1.165, 1.54) is 0 Å². The highest BCUT2D eigenvalue weighted by molar-refractivity contribution is 5.78. The highest BCUT2D eigenvalue weighted by Gasteiger charge is 2.05. The van der Waals surface area contributed by atoms with Crippen LogP contribution in [-0.4, -0.2) is 29.3 Å². The maximum Gasteiger partial charge on any atom is 0.134 e. The zero-order chi connectivity index (χ0) is 13.7. The van der Waals surface area contributed by atoms with E-state index in [9.17, 15) is 4.79 Å². The second kappa shape index (κ2) is 6.29. The first-order chi connectivity index (χ1) is 9.20. The Morgan fingerprint density at radius 2 is 2.00 bits per heavy atom. The van der Waals surface area contributed by atoms with Crippen molar-refractivity contribution < 1.29 is 9.53 Å². The highest BCUT2D eigenvalue weighted by Crippen LogP contribution is 2.19. The Balaban J connectivity index is 2.17. The van der Waals surface area contributed by atoms with E-state index in [0.717, 1.165) is 23.4 Å². The molecule has 1 heterocycles. The number of carbonyl (C=O) groups is 1. The summed E-state index contributed by atoms with van der Waals surface area (Å²) in [6, 6.07) is 10.0. The molecule has 0 spiro atoms. The molecule has 2 aromatic rings. The molecule has 0 fully saturated rings. The molecule has 0 aliphatic rings. The molecule has 0 atom stereocenters. The van der Waals surface area contributed by atoms with Crippen molar-refractivity contribution in [1.29, 1.82) is 0 Å². The number of benzene rings is 1. The quantitative estimate of drug-likeness (QED) is 0.798. The number of rotatable bonds is 6. The van der Waals surface area contributed by atoms with Crippen molar-refractivity contribution in [1.82, 2.24) is 9.78 Å². The number of nitrogens with zero attached hydrogens (tertiary/aromatic N) is 2. The van der Waals surface area contributed by atoms with E-state index in [2.05, 4.69) is 5.10 Å². The Morgan fingerprint density at radius 1 is 1.26 bits per heavy atom. The molecule has 4 heteroatoms. The molecule has 100 valence electrons. The SMILES string of the molecule is COCCn1nccc1-c1ccc(CC(C)=O)cc1. The van der Waals surface area contributed by atoms with Crippen LogP contribution in [0.25, 0.3) is 11.3 Å². The smallest absolute Gasteiger partial charge is 0.134 e. The number of methoxy groups -OCH3 is 1. The first kappa shape index (κ1) is 13.5. The van der Waals surface area contributed by atoms with Crippen LogP contribution in [0.1, 0.15) is 12.5 Å². The third kappa shape index (κ3) is 3.51. The second-order valence-electron chi connectivity index (χ2n) is 4.51. The van der Waals surface area contributed by atoms with E-state index in [0.29, 0.717) is 13.0 Å². The number of hydrogen-bond acceptors (Lipinski definition) is 3. The number of ketones is 1. The van der Waals surface area contributed by atoms with E-state index in [1.807, 2.05) is 35.0 Å². The lowest BCUT2D eigenvalue weighted by Crippen LogP contribution is -2.07. The summed E-state index contributed by atoms with van der Waals surface area (Å²) in [6.07, 6.45) is 2.28. The third-order valence-corrected chi connectivity index (χ3v) is 2.93. The monoisotopic (exact) mass is 258 g/mol. The third-order valence-electron chi connectivity index (χ3n) is 2.93. The Bertz CT molecular complexity index is 544. The van der Waals surface area contributed by atoms with E-state index >= 15 is 0 Å². The zero-order valence-electron chi connectivity index (χ0n) is 11.3. The van der Waals surface area contributed by atoms with Crippen molar-refractivity contribution in [2.75, 3.05) is 13.7 Å². The van der Waals surface area contributed by atoms with E-state index in [4.69, 9.17) is 4.74 Å². The maximum absolute atomic E-state index is 11.1. The molecular formula is C15H18N2O2. The lowest BCUT2D eigenvalue weighted by Gasteiger charge is -2.07. The summed E-state index contributed by atoms with van der Waals surface area (Å²) in [5.41, 5.74) is 3.20. The summed E-state index contributed by atoms with van der Waals surface area (Å²) in [5, 5.41) is 4.28. The fourth-order valence-electron chi connectivity index (χ4n) is 2.01. The zero-order valence-corrected chi connectivity index (χ0v) is 11.3. The average Bonchev–Trinajstić information content (AvgIpc) is 2.85. The Labute approximate surface area is 113 Å². The summed E-state index contributed by atoms with van der Waals surface area (Å²) in [4.78, 5) is 11.1. The average molecular weight is 258 g/mol. The van der Waals surface area contributed by atoms with Crippen molar-refractivity contribution in [2.24, 2.45) is 0 Å². The topological polar surface area (TPSA) is 44.1 Å². The molecule has 0 aliphatic heterocycles. The molecule has 4 nitrogen and oxygen atoms in total. The molecule has 0 aliphatic carbocycles. The number of aromatic nitrogens is 2. The van der Waals surface area contributed by atoms with Gasteiger partial charge in [0.05, 0.1) is 18.8 Å². The van der Waals surface area contributed by atoms with Gasteiger partial charge in [-0.3, -0.25) is 9.48 Å². The van der Waals surface area contributed by atoms with Crippen LogP contribution in [-0.2, 0) is 22.5 Å². The predicted molar refractivity (Wildman–Crippen MR) is 73.9 cm³/mol. The summed E-state index contributed by atoms with van der Waals surface area (Å²) in [6.45, 7) is 2.97. The van der Waals surface area contributed by atoms with Crippen molar-refractivity contribution >= 4 is 5.78 Å². The fourth-order valence-corrected chi connectivity index (χ4v) is 2.01. The first-order valence-corrected chi connectivity index (χ1v) is 6.30. The van der Waals surface area contributed by atoms with Crippen molar-refractivity contribution in [3.63, 3.8) is 0 Å². The van der Waals surface area contributed by atoms with Gasteiger partial charge >= 0.3 is 0 Å². The minimum atomic E-state index is 0.179. The van der Waals surface area contributed by atoms with Crippen LogP contribution in [0.15, 0.2) is 36.5 Å². The van der Waals surface area contributed by atoms with Gasteiger partial charge < -0.3 is 4.74 Å². The van der Waals surface area contributed by atoms with Gasteiger partial charge in [-0.15, -0.1) is 0 Å². The first-order valence-electron chi connectivity index (χ1n) is 6.30. The standard InChI is InChI=1S/C15H18N2O2/c1-12(18)11-13-3-5-14(6-4-13)15-7-8-16-17(15)9-10-19-2/h3-8H,9-11H2,1-2H3.